The highest BCUT2D eigenvalue weighted by atomic mass is 16.6. The highest BCUT2D eigenvalue weighted by molar-refractivity contribution is 5.70. The monoisotopic (exact) mass is 539 g/mol. The Morgan fingerprint density at radius 1 is 0.684 bits per heavy atom. The normalized spacial score (nSPS) is 12.0. The van der Waals surface area contributed by atoms with Crippen LogP contribution >= 0.6 is 0 Å². The zero-order chi connectivity index (χ0) is 28.3. The Morgan fingerprint density at radius 3 is 1.66 bits per heavy atom. The van der Waals surface area contributed by atoms with E-state index in [-0.39, 0.29) is 12.5 Å². The van der Waals surface area contributed by atoms with Gasteiger partial charge in [-0.25, -0.2) is 4.79 Å². The summed E-state index contributed by atoms with van der Waals surface area (Å²) in [6.07, 6.45) is 23.6. The van der Waals surface area contributed by atoms with Gasteiger partial charge in [-0.1, -0.05) is 130 Å². The van der Waals surface area contributed by atoms with Crippen LogP contribution in [0.3, 0.4) is 0 Å². The van der Waals surface area contributed by atoms with Gasteiger partial charge in [-0.05, 0) is 31.6 Å². The van der Waals surface area contributed by atoms with Crippen LogP contribution in [0.1, 0.15) is 156 Å². The number of aliphatic carboxylic acids is 1. The van der Waals surface area contributed by atoms with E-state index in [0.717, 1.165) is 32.1 Å². The van der Waals surface area contributed by atoms with Crippen LogP contribution in [-0.2, 0) is 14.3 Å². The SMILES string of the molecule is CCCCCCCCCCN(CCCC(CC(CCCCCC)CCCCCC)C(=O)O)C(=O)OCC=O. The molecule has 1 atom stereocenters. The molecule has 0 aliphatic carbocycles. The molecule has 0 rings (SSSR count). The number of hydrogen-bond donors (Lipinski definition) is 1. The lowest BCUT2D eigenvalue weighted by Gasteiger charge is -2.24. The zero-order valence-electron chi connectivity index (χ0n) is 25.2. The van der Waals surface area contributed by atoms with Gasteiger partial charge in [0.1, 0.15) is 6.61 Å². The Labute approximate surface area is 234 Å². The summed E-state index contributed by atoms with van der Waals surface area (Å²) in [6.45, 7) is 7.50. The second-order valence-corrected chi connectivity index (χ2v) is 11.2. The molecule has 38 heavy (non-hydrogen) atoms. The van der Waals surface area contributed by atoms with Crippen molar-refractivity contribution in [3.8, 4) is 0 Å². The largest absolute Gasteiger partial charge is 0.481 e. The van der Waals surface area contributed by atoms with Crippen LogP contribution in [0.4, 0.5) is 4.79 Å². The van der Waals surface area contributed by atoms with E-state index in [1.807, 2.05) is 0 Å². The molecule has 0 radical (unpaired) electrons. The highest BCUT2D eigenvalue weighted by Gasteiger charge is 2.23. The second kappa shape index (κ2) is 27.0. The van der Waals surface area contributed by atoms with Crippen molar-refractivity contribution >= 4 is 18.3 Å². The molecule has 0 aliphatic rings. The summed E-state index contributed by atoms with van der Waals surface area (Å²) in [6, 6.07) is 0. The lowest BCUT2D eigenvalue weighted by Crippen LogP contribution is -2.34. The van der Waals surface area contributed by atoms with Crippen molar-refractivity contribution in [2.24, 2.45) is 11.8 Å². The molecule has 224 valence electrons. The van der Waals surface area contributed by atoms with Gasteiger partial charge in [0.15, 0.2) is 6.29 Å². The Hall–Kier alpha value is -1.59. The predicted octanol–water partition coefficient (Wildman–Crippen LogP) is 9.19. The molecule has 0 spiro atoms. The Bertz CT molecular complexity index is 556. The third kappa shape index (κ3) is 21.4. The maximum Gasteiger partial charge on any atom is 0.410 e. The smallest absolute Gasteiger partial charge is 0.410 e. The summed E-state index contributed by atoms with van der Waals surface area (Å²) in [5.41, 5.74) is 0. The highest BCUT2D eigenvalue weighted by Crippen LogP contribution is 2.28. The number of unbranched alkanes of at least 4 members (excludes halogenated alkanes) is 13. The van der Waals surface area contributed by atoms with Crippen LogP contribution < -0.4 is 0 Å². The van der Waals surface area contributed by atoms with Crippen molar-refractivity contribution in [3.05, 3.63) is 0 Å². The number of rotatable bonds is 28. The number of carboxylic acid groups (broad SMARTS) is 1. The first-order valence-corrected chi connectivity index (χ1v) is 16.1. The number of amides is 1. The fourth-order valence-electron chi connectivity index (χ4n) is 5.30. The predicted molar refractivity (Wildman–Crippen MR) is 158 cm³/mol. The summed E-state index contributed by atoms with van der Waals surface area (Å²) in [5.74, 6) is -0.612. The van der Waals surface area contributed by atoms with Gasteiger partial charge in [0.25, 0.3) is 0 Å². The maximum absolute atomic E-state index is 12.5. The zero-order valence-corrected chi connectivity index (χ0v) is 25.2. The molecular weight excluding hydrogens is 478 g/mol. The number of nitrogens with zero attached hydrogens (tertiary/aromatic N) is 1. The van der Waals surface area contributed by atoms with E-state index >= 15 is 0 Å². The minimum Gasteiger partial charge on any atom is -0.481 e. The molecule has 0 aliphatic heterocycles. The average molecular weight is 540 g/mol. The minimum absolute atomic E-state index is 0.234. The molecule has 0 aromatic rings. The Balaban J connectivity index is 4.76. The van der Waals surface area contributed by atoms with Crippen molar-refractivity contribution in [1.82, 2.24) is 4.90 Å². The van der Waals surface area contributed by atoms with Crippen LogP contribution in [0.2, 0.25) is 0 Å². The van der Waals surface area contributed by atoms with Crippen molar-refractivity contribution < 1.29 is 24.2 Å². The first kappa shape index (κ1) is 36.4. The number of carbonyl (C=O) groups excluding carboxylic acids is 2. The van der Waals surface area contributed by atoms with Crippen molar-refractivity contribution in [1.29, 1.82) is 0 Å². The number of carboxylic acids is 1. The third-order valence-corrected chi connectivity index (χ3v) is 7.69. The number of aldehydes is 1. The van der Waals surface area contributed by atoms with Crippen molar-refractivity contribution in [2.45, 2.75) is 156 Å². The number of carbonyl (C=O) groups is 3. The molecule has 1 amide bonds. The van der Waals surface area contributed by atoms with Gasteiger partial charge in [-0.3, -0.25) is 9.59 Å². The maximum atomic E-state index is 12.5. The van der Waals surface area contributed by atoms with Gasteiger partial charge in [0.05, 0.1) is 5.92 Å². The summed E-state index contributed by atoms with van der Waals surface area (Å²) in [7, 11) is 0. The van der Waals surface area contributed by atoms with E-state index in [4.69, 9.17) is 4.74 Å². The van der Waals surface area contributed by atoms with Crippen LogP contribution in [0.15, 0.2) is 0 Å². The standard InChI is InChI=1S/C32H61NO5/c1-4-7-10-13-14-15-16-19-24-33(32(37)38-27-26-34)25-20-23-30(31(35)36)28-29(21-17-11-8-5-2)22-18-12-9-6-3/h26,29-30H,4-25,27-28H2,1-3H3,(H,35,36). The fourth-order valence-corrected chi connectivity index (χ4v) is 5.30. The second-order valence-electron chi connectivity index (χ2n) is 11.2. The number of ether oxygens (including phenoxy) is 1. The molecule has 6 nitrogen and oxygen atoms in total. The van der Waals surface area contributed by atoms with Crippen LogP contribution in [0, 0.1) is 11.8 Å². The lowest BCUT2D eigenvalue weighted by molar-refractivity contribution is -0.142. The van der Waals surface area contributed by atoms with E-state index in [0.29, 0.717) is 38.1 Å². The molecule has 0 saturated carbocycles. The van der Waals surface area contributed by atoms with Crippen LogP contribution in [-0.4, -0.2) is 48.1 Å². The van der Waals surface area contributed by atoms with Gasteiger partial charge >= 0.3 is 12.1 Å². The summed E-state index contributed by atoms with van der Waals surface area (Å²) >= 11 is 0. The van der Waals surface area contributed by atoms with Gasteiger partial charge in [0.2, 0.25) is 0 Å². The van der Waals surface area contributed by atoms with E-state index in [1.165, 1.54) is 89.9 Å². The van der Waals surface area contributed by atoms with Gasteiger partial charge in [-0.2, -0.15) is 0 Å². The number of hydrogen-bond acceptors (Lipinski definition) is 4. The van der Waals surface area contributed by atoms with Gasteiger partial charge < -0.3 is 14.7 Å². The summed E-state index contributed by atoms with van der Waals surface area (Å²) < 4.78 is 5.08. The topological polar surface area (TPSA) is 83.9 Å². The molecule has 0 aromatic carbocycles. The average Bonchev–Trinajstić information content (AvgIpc) is 2.91. The first-order chi connectivity index (χ1) is 18.5. The van der Waals surface area contributed by atoms with E-state index < -0.39 is 12.1 Å². The fraction of sp³-hybridized carbons (Fsp3) is 0.906. The summed E-state index contributed by atoms with van der Waals surface area (Å²) in [5, 5.41) is 9.97. The molecular formula is C32H61NO5. The minimum atomic E-state index is -0.713. The lowest BCUT2D eigenvalue weighted by atomic mass is 9.84. The Morgan fingerprint density at radius 2 is 1.16 bits per heavy atom. The van der Waals surface area contributed by atoms with Crippen LogP contribution in [0.5, 0.6) is 0 Å². The molecule has 0 bridgehead atoms. The first-order valence-electron chi connectivity index (χ1n) is 16.1. The third-order valence-electron chi connectivity index (χ3n) is 7.69. The van der Waals surface area contributed by atoms with E-state index in [1.54, 1.807) is 4.90 Å². The molecule has 6 heteroatoms. The van der Waals surface area contributed by atoms with E-state index in [9.17, 15) is 19.5 Å². The van der Waals surface area contributed by atoms with Crippen molar-refractivity contribution in [3.63, 3.8) is 0 Å². The van der Waals surface area contributed by atoms with E-state index in [2.05, 4.69) is 20.8 Å². The Kier molecular flexibility index (Phi) is 25.9. The quantitative estimate of drug-likeness (QED) is 0.0791. The van der Waals surface area contributed by atoms with Crippen molar-refractivity contribution in [2.75, 3.05) is 19.7 Å². The molecule has 0 saturated heterocycles. The molecule has 0 aromatic heterocycles. The summed E-state index contributed by atoms with van der Waals surface area (Å²) in [4.78, 5) is 37.0. The molecule has 0 fully saturated rings. The molecule has 1 unspecified atom stereocenters. The van der Waals surface area contributed by atoms with Gasteiger partial charge in [-0.15, -0.1) is 0 Å². The molecule has 0 heterocycles. The van der Waals surface area contributed by atoms with Gasteiger partial charge in [0, 0.05) is 13.1 Å². The molecule has 1 N–H and O–H groups in total. The van der Waals surface area contributed by atoms with Crippen LogP contribution in [0.25, 0.3) is 0 Å².